The lowest BCUT2D eigenvalue weighted by molar-refractivity contribution is 0.143. The Kier molecular flexibility index (Phi) is 3.03. The van der Waals surface area contributed by atoms with Crippen LogP contribution in [-0.4, -0.2) is 34.8 Å². The van der Waals surface area contributed by atoms with Gasteiger partial charge >= 0.3 is 0 Å². The summed E-state index contributed by atoms with van der Waals surface area (Å²) in [5.74, 6) is 0.533. The van der Waals surface area contributed by atoms with Crippen molar-refractivity contribution in [1.82, 2.24) is 9.78 Å². The van der Waals surface area contributed by atoms with Crippen molar-refractivity contribution in [3.63, 3.8) is 0 Å². The number of rotatable bonds is 3. The molecule has 2 atom stereocenters. The van der Waals surface area contributed by atoms with Gasteiger partial charge in [-0.25, -0.2) is 8.42 Å². The normalized spacial score (nSPS) is 25.8. The highest BCUT2D eigenvalue weighted by molar-refractivity contribution is 7.91. The van der Waals surface area contributed by atoms with Gasteiger partial charge in [0.1, 0.15) is 0 Å². The van der Waals surface area contributed by atoms with Crippen molar-refractivity contribution < 1.29 is 13.5 Å². The summed E-state index contributed by atoms with van der Waals surface area (Å²) in [6.45, 7) is 0. The molecule has 90 valence electrons. The van der Waals surface area contributed by atoms with Gasteiger partial charge in [-0.05, 0) is 24.8 Å². The average molecular weight is 244 g/mol. The molecule has 0 saturated carbocycles. The van der Waals surface area contributed by atoms with E-state index in [0.717, 1.165) is 0 Å². The van der Waals surface area contributed by atoms with Crippen LogP contribution in [-0.2, 0) is 16.9 Å². The van der Waals surface area contributed by atoms with Crippen molar-refractivity contribution in [1.29, 1.82) is 0 Å². The quantitative estimate of drug-likeness (QED) is 0.829. The van der Waals surface area contributed by atoms with E-state index in [1.165, 1.54) is 0 Å². The minimum absolute atomic E-state index is 0.0713. The molecule has 1 aliphatic rings. The van der Waals surface area contributed by atoms with Crippen LogP contribution in [0.15, 0.2) is 12.3 Å². The monoisotopic (exact) mass is 244 g/mol. The third-order valence-electron chi connectivity index (χ3n) is 2.96. The number of aliphatic hydroxyl groups excluding tert-OH is 1. The first-order chi connectivity index (χ1) is 7.46. The molecule has 6 heteroatoms. The van der Waals surface area contributed by atoms with E-state index in [-0.39, 0.29) is 17.4 Å². The topological polar surface area (TPSA) is 72.2 Å². The first-order valence-corrected chi connectivity index (χ1v) is 7.16. The van der Waals surface area contributed by atoms with Crippen LogP contribution in [0.25, 0.3) is 0 Å². The second kappa shape index (κ2) is 4.18. The molecule has 0 amide bonds. The first-order valence-electron chi connectivity index (χ1n) is 5.34. The van der Waals surface area contributed by atoms with Crippen LogP contribution in [0.2, 0.25) is 0 Å². The smallest absolute Gasteiger partial charge is 0.150 e. The summed E-state index contributed by atoms with van der Waals surface area (Å²) in [5, 5.41) is 14.0. The molecule has 5 nitrogen and oxygen atoms in total. The molecule has 0 aromatic carbocycles. The maximum atomic E-state index is 11.3. The van der Waals surface area contributed by atoms with Crippen LogP contribution in [0.5, 0.6) is 0 Å². The number of nitrogens with zero attached hydrogens (tertiary/aromatic N) is 2. The number of aryl methyl sites for hydroxylation is 1. The molecule has 16 heavy (non-hydrogen) atoms. The summed E-state index contributed by atoms with van der Waals surface area (Å²) in [6.07, 6.45) is 2.26. The van der Waals surface area contributed by atoms with Crippen LogP contribution >= 0.6 is 0 Å². The largest absolute Gasteiger partial charge is 0.387 e. The minimum atomic E-state index is -2.85. The Labute approximate surface area is 95.0 Å². The van der Waals surface area contributed by atoms with Crippen molar-refractivity contribution in [2.45, 2.75) is 18.9 Å². The van der Waals surface area contributed by atoms with Crippen molar-refractivity contribution in [2.75, 3.05) is 11.5 Å². The van der Waals surface area contributed by atoms with Gasteiger partial charge in [-0.2, -0.15) is 5.10 Å². The molecule has 2 heterocycles. The van der Waals surface area contributed by atoms with Gasteiger partial charge in [-0.15, -0.1) is 0 Å². The zero-order chi connectivity index (χ0) is 11.8. The SMILES string of the molecule is Cn1ccc(C(O)CC2CCS(=O)(=O)C2)n1. The summed E-state index contributed by atoms with van der Waals surface area (Å²) in [6, 6.07) is 1.76. The predicted octanol–water partition coefficient (Wildman–Crippen LogP) is 0.278. The summed E-state index contributed by atoms with van der Waals surface area (Å²) in [7, 11) is -1.07. The highest BCUT2D eigenvalue weighted by Crippen LogP contribution is 2.28. The molecule has 1 N–H and O–H groups in total. The fourth-order valence-corrected chi connectivity index (χ4v) is 3.99. The van der Waals surface area contributed by atoms with Crippen LogP contribution in [0.3, 0.4) is 0 Å². The lowest BCUT2D eigenvalue weighted by atomic mass is 9.99. The van der Waals surface area contributed by atoms with E-state index in [0.29, 0.717) is 18.5 Å². The Balaban J connectivity index is 1.96. The predicted molar refractivity (Wildman–Crippen MR) is 59.5 cm³/mol. The van der Waals surface area contributed by atoms with Crippen LogP contribution in [0.4, 0.5) is 0 Å². The Morgan fingerprint density at radius 3 is 2.94 bits per heavy atom. The maximum absolute atomic E-state index is 11.3. The minimum Gasteiger partial charge on any atom is -0.387 e. The molecule has 2 rings (SSSR count). The van der Waals surface area contributed by atoms with Gasteiger partial charge in [-0.1, -0.05) is 0 Å². The lowest BCUT2D eigenvalue weighted by Crippen LogP contribution is -2.10. The standard InChI is InChI=1S/C10H16N2O3S/c1-12-4-2-9(11-12)10(13)6-8-3-5-16(14,15)7-8/h2,4,8,10,13H,3,5-7H2,1H3. The second-order valence-electron chi connectivity index (χ2n) is 4.43. The average Bonchev–Trinajstić information content (AvgIpc) is 2.73. The zero-order valence-electron chi connectivity index (χ0n) is 9.20. The summed E-state index contributed by atoms with van der Waals surface area (Å²) in [4.78, 5) is 0. The third kappa shape index (κ3) is 2.62. The highest BCUT2D eigenvalue weighted by Gasteiger charge is 2.30. The zero-order valence-corrected chi connectivity index (χ0v) is 10.0. The Bertz CT molecular complexity index is 466. The van der Waals surface area contributed by atoms with Gasteiger partial charge in [-0.3, -0.25) is 4.68 Å². The van der Waals surface area contributed by atoms with Crippen LogP contribution < -0.4 is 0 Å². The number of hydrogen-bond donors (Lipinski definition) is 1. The van der Waals surface area contributed by atoms with Gasteiger partial charge in [0.2, 0.25) is 0 Å². The molecular weight excluding hydrogens is 228 g/mol. The number of sulfone groups is 1. The van der Waals surface area contributed by atoms with Crippen LogP contribution in [0.1, 0.15) is 24.6 Å². The summed E-state index contributed by atoms with van der Waals surface area (Å²) < 4.78 is 24.2. The molecule has 1 fully saturated rings. The van der Waals surface area contributed by atoms with E-state index < -0.39 is 15.9 Å². The van der Waals surface area contributed by atoms with Gasteiger partial charge in [0.25, 0.3) is 0 Å². The summed E-state index contributed by atoms with van der Waals surface area (Å²) >= 11 is 0. The molecular formula is C10H16N2O3S. The molecule has 1 aromatic heterocycles. The highest BCUT2D eigenvalue weighted by atomic mass is 32.2. The number of aliphatic hydroxyl groups is 1. The Hall–Kier alpha value is -0.880. The molecule has 1 aliphatic heterocycles. The van der Waals surface area contributed by atoms with Crippen molar-refractivity contribution in [2.24, 2.45) is 13.0 Å². The molecule has 0 radical (unpaired) electrons. The van der Waals surface area contributed by atoms with Crippen molar-refractivity contribution in [3.8, 4) is 0 Å². The Morgan fingerprint density at radius 2 is 2.44 bits per heavy atom. The molecule has 1 saturated heterocycles. The van der Waals surface area contributed by atoms with Gasteiger partial charge in [0.15, 0.2) is 9.84 Å². The van der Waals surface area contributed by atoms with Gasteiger partial charge in [0, 0.05) is 13.2 Å². The van der Waals surface area contributed by atoms with E-state index >= 15 is 0 Å². The van der Waals surface area contributed by atoms with Gasteiger partial charge in [0.05, 0.1) is 23.3 Å². The van der Waals surface area contributed by atoms with Crippen molar-refractivity contribution in [3.05, 3.63) is 18.0 Å². The van der Waals surface area contributed by atoms with Gasteiger partial charge < -0.3 is 5.11 Å². The Morgan fingerprint density at radius 1 is 1.69 bits per heavy atom. The maximum Gasteiger partial charge on any atom is 0.150 e. The molecule has 2 unspecified atom stereocenters. The number of aromatic nitrogens is 2. The molecule has 0 spiro atoms. The van der Waals surface area contributed by atoms with E-state index in [2.05, 4.69) is 5.10 Å². The van der Waals surface area contributed by atoms with E-state index in [1.54, 1.807) is 24.0 Å². The molecule has 1 aromatic rings. The second-order valence-corrected chi connectivity index (χ2v) is 6.66. The van der Waals surface area contributed by atoms with Crippen LogP contribution in [0, 0.1) is 5.92 Å². The van der Waals surface area contributed by atoms with E-state index in [9.17, 15) is 13.5 Å². The lowest BCUT2D eigenvalue weighted by Gasteiger charge is -2.12. The summed E-state index contributed by atoms with van der Waals surface area (Å²) in [5.41, 5.74) is 0.617. The fourth-order valence-electron chi connectivity index (χ4n) is 2.11. The molecule has 0 aliphatic carbocycles. The first kappa shape index (κ1) is 11.6. The van der Waals surface area contributed by atoms with E-state index in [1.807, 2.05) is 0 Å². The van der Waals surface area contributed by atoms with Crippen molar-refractivity contribution >= 4 is 9.84 Å². The fraction of sp³-hybridized carbons (Fsp3) is 0.700. The van der Waals surface area contributed by atoms with E-state index in [4.69, 9.17) is 0 Å². The molecule has 0 bridgehead atoms. The number of hydrogen-bond acceptors (Lipinski definition) is 4. The third-order valence-corrected chi connectivity index (χ3v) is 4.80.